The molecule has 0 saturated heterocycles. The second kappa shape index (κ2) is 4.95. The molecule has 1 heteroatoms. The van der Waals surface area contributed by atoms with Gasteiger partial charge in [0, 0.05) is 6.42 Å². The van der Waals surface area contributed by atoms with Crippen molar-refractivity contribution in [1.29, 1.82) is 0 Å². The van der Waals surface area contributed by atoms with E-state index in [1.165, 1.54) is 12.8 Å². The lowest BCUT2D eigenvalue weighted by molar-refractivity contribution is -0.117. The Morgan fingerprint density at radius 3 is 2.43 bits per heavy atom. The standard InChI is InChI=1S/C13H24O/c1-9-7-11(3)13(8-9)10(2)5-6-12(4)14/h9-11,13H,5-8H2,1-4H3. The summed E-state index contributed by atoms with van der Waals surface area (Å²) in [5.74, 6) is 3.71. The molecule has 1 saturated carbocycles. The fourth-order valence-electron chi connectivity index (χ4n) is 3.04. The summed E-state index contributed by atoms with van der Waals surface area (Å²) in [7, 11) is 0. The zero-order valence-electron chi connectivity index (χ0n) is 10.0. The second-order valence-electron chi connectivity index (χ2n) is 5.44. The Labute approximate surface area is 88.3 Å². The van der Waals surface area contributed by atoms with Crippen molar-refractivity contribution in [3.8, 4) is 0 Å². The number of ketones is 1. The minimum atomic E-state index is 0.343. The number of hydrogen-bond acceptors (Lipinski definition) is 1. The molecule has 0 spiro atoms. The van der Waals surface area contributed by atoms with Crippen molar-refractivity contribution in [3.05, 3.63) is 0 Å². The van der Waals surface area contributed by atoms with Crippen LogP contribution < -0.4 is 0 Å². The zero-order chi connectivity index (χ0) is 10.7. The summed E-state index contributed by atoms with van der Waals surface area (Å²) in [5, 5.41) is 0. The van der Waals surface area contributed by atoms with E-state index in [9.17, 15) is 4.79 Å². The number of hydrogen-bond donors (Lipinski definition) is 0. The number of carbonyl (C=O) groups is 1. The summed E-state index contributed by atoms with van der Waals surface area (Å²) < 4.78 is 0. The summed E-state index contributed by atoms with van der Waals surface area (Å²) >= 11 is 0. The number of rotatable bonds is 4. The lowest BCUT2D eigenvalue weighted by Gasteiger charge is -2.22. The van der Waals surface area contributed by atoms with Crippen LogP contribution in [0.25, 0.3) is 0 Å². The first-order chi connectivity index (χ1) is 6.50. The van der Waals surface area contributed by atoms with E-state index in [-0.39, 0.29) is 0 Å². The maximum Gasteiger partial charge on any atom is 0.129 e. The molecule has 0 heterocycles. The van der Waals surface area contributed by atoms with E-state index < -0.39 is 0 Å². The highest BCUT2D eigenvalue weighted by molar-refractivity contribution is 5.75. The van der Waals surface area contributed by atoms with E-state index in [0.29, 0.717) is 5.78 Å². The molecule has 0 N–H and O–H groups in total. The summed E-state index contributed by atoms with van der Waals surface area (Å²) in [5.41, 5.74) is 0. The fourth-order valence-corrected chi connectivity index (χ4v) is 3.04. The van der Waals surface area contributed by atoms with Gasteiger partial charge in [0.15, 0.2) is 0 Å². The minimum Gasteiger partial charge on any atom is -0.300 e. The summed E-state index contributed by atoms with van der Waals surface area (Å²) in [6.45, 7) is 8.75. The smallest absolute Gasteiger partial charge is 0.129 e. The predicted molar refractivity (Wildman–Crippen MR) is 60.1 cm³/mol. The van der Waals surface area contributed by atoms with Gasteiger partial charge in [-0.25, -0.2) is 0 Å². The molecule has 1 aliphatic carbocycles. The highest BCUT2D eigenvalue weighted by Gasteiger charge is 2.32. The molecule has 0 radical (unpaired) electrons. The lowest BCUT2D eigenvalue weighted by Crippen LogP contribution is -2.15. The van der Waals surface area contributed by atoms with Gasteiger partial charge in [0.05, 0.1) is 0 Å². The maximum atomic E-state index is 10.9. The first kappa shape index (κ1) is 11.7. The molecule has 1 fully saturated rings. The maximum absolute atomic E-state index is 10.9. The van der Waals surface area contributed by atoms with Crippen LogP contribution >= 0.6 is 0 Å². The molecule has 0 amide bonds. The van der Waals surface area contributed by atoms with Gasteiger partial charge in [0.1, 0.15) is 5.78 Å². The average Bonchev–Trinajstić information content (AvgIpc) is 2.41. The van der Waals surface area contributed by atoms with Crippen molar-refractivity contribution >= 4 is 5.78 Å². The first-order valence-corrected chi connectivity index (χ1v) is 6.00. The number of Topliss-reactive ketones (excluding diaryl/α,β-unsaturated/α-hetero) is 1. The SMILES string of the molecule is CC(=O)CCC(C)C1CC(C)CC1C. The monoisotopic (exact) mass is 196 g/mol. The van der Waals surface area contributed by atoms with E-state index in [4.69, 9.17) is 0 Å². The Bertz CT molecular complexity index is 197. The molecule has 82 valence electrons. The van der Waals surface area contributed by atoms with Gasteiger partial charge in [-0.15, -0.1) is 0 Å². The van der Waals surface area contributed by atoms with E-state index in [1.807, 2.05) is 0 Å². The highest BCUT2D eigenvalue weighted by Crippen LogP contribution is 2.41. The topological polar surface area (TPSA) is 17.1 Å². The van der Waals surface area contributed by atoms with Gasteiger partial charge in [0.25, 0.3) is 0 Å². The van der Waals surface area contributed by atoms with Crippen LogP contribution in [0.2, 0.25) is 0 Å². The Morgan fingerprint density at radius 1 is 1.36 bits per heavy atom. The third-order valence-electron chi connectivity index (χ3n) is 3.86. The van der Waals surface area contributed by atoms with Crippen LogP contribution in [-0.4, -0.2) is 5.78 Å². The normalized spacial score (nSPS) is 34.4. The first-order valence-electron chi connectivity index (χ1n) is 6.00. The summed E-state index contributed by atoms with van der Waals surface area (Å²) in [6, 6.07) is 0. The molecule has 4 unspecified atom stereocenters. The summed E-state index contributed by atoms with van der Waals surface area (Å²) in [4.78, 5) is 10.9. The average molecular weight is 196 g/mol. The van der Waals surface area contributed by atoms with Crippen LogP contribution in [0.1, 0.15) is 53.4 Å². The summed E-state index contributed by atoms with van der Waals surface area (Å²) in [6.07, 6.45) is 4.63. The molecular formula is C13H24O. The van der Waals surface area contributed by atoms with Gasteiger partial charge in [-0.2, -0.15) is 0 Å². The molecule has 14 heavy (non-hydrogen) atoms. The van der Waals surface area contributed by atoms with Crippen molar-refractivity contribution < 1.29 is 4.79 Å². The van der Waals surface area contributed by atoms with Gasteiger partial charge < -0.3 is 4.79 Å². The largest absolute Gasteiger partial charge is 0.300 e. The lowest BCUT2D eigenvalue weighted by atomic mass is 9.83. The Kier molecular flexibility index (Phi) is 4.15. The third kappa shape index (κ3) is 3.11. The van der Waals surface area contributed by atoms with Crippen LogP contribution in [0.3, 0.4) is 0 Å². The molecule has 0 aromatic carbocycles. The van der Waals surface area contributed by atoms with Crippen LogP contribution in [0, 0.1) is 23.7 Å². The van der Waals surface area contributed by atoms with E-state index >= 15 is 0 Å². The molecule has 0 aliphatic heterocycles. The number of carbonyl (C=O) groups excluding carboxylic acids is 1. The van der Waals surface area contributed by atoms with Crippen molar-refractivity contribution in [1.82, 2.24) is 0 Å². The molecule has 0 bridgehead atoms. The van der Waals surface area contributed by atoms with Crippen molar-refractivity contribution in [2.75, 3.05) is 0 Å². The van der Waals surface area contributed by atoms with E-state index in [0.717, 1.165) is 36.5 Å². The molecule has 0 aromatic heterocycles. The van der Waals surface area contributed by atoms with Crippen LogP contribution in [0.15, 0.2) is 0 Å². The van der Waals surface area contributed by atoms with E-state index in [1.54, 1.807) is 6.92 Å². The Balaban J connectivity index is 2.36. The quantitative estimate of drug-likeness (QED) is 0.670. The van der Waals surface area contributed by atoms with Gasteiger partial charge in [-0.3, -0.25) is 0 Å². The predicted octanol–water partition coefficient (Wildman–Crippen LogP) is 3.67. The Morgan fingerprint density at radius 2 is 2.00 bits per heavy atom. The van der Waals surface area contributed by atoms with Gasteiger partial charge >= 0.3 is 0 Å². The van der Waals surface area contributed by atoms with Gasteiger partial charge in [0.2, 0.25) is 0 Å². The van der Waals surface area contributed by atoms with Crippen LogP contribution in [-0.2, 0) is 4.79 Å². The Hall–Kier alpha value is -0.330. The van der Waals surface area contributed by atoms with Crippen LogP contribution in [0.5, 0.6) is 0 Å². The van der Waals surface area contributed by atoms with E-state index in [2.05, 4.69) is 20.8 Å². The molecule has 0 aromatic rings. The zero-order valence-corrected chi connectivity index (χ0v) is 10.0. The molecule has 1 rings (SSSR count). The second-order valence-corrected chi connectivity index (χ2v) is 5.44. The minimum absolute atomic E-state index is 0.343. The van der Waals surface area contributed by atoms with Crippen molar-refractivity contribution in [2.24, 2.45) is 23.7 Å². The highest BCUT2D eigenvalue weighted by atomic mass is 16.1. The molecular weight excluding hydrogens is 172 g/mol. The van der Waals surface area contributed by atoms with Gasteiger partial charge in [-0.1, -0.05) is 20.8 Å². The molecule has 4 atom stereocenters. The van der Waals surface area contributed by atoms with Crippen molar-refractivity contribution in [3.63, 3.8) is 0 Å². The molecule has 1 nitrogen and oxygen atoms in total. The fraction of sp³-hybridized carbons (Fsp3) is 0.923. The van der Waals surface area contributed by atoms with Crippen molar-refractivity contribution in [2.45, 2.75) is 53.4 Å². The molecule has 1 aliphatic rings. The third-order valence-corrected chi connectivity index (χ3v) is 3.86. The van der Waals surface area contributed by atoms with Gasteiger partial charge in [-0.05, 0) is 49.9 Å². The van der Waals surface area contributed by atoms with Crippen LogP contribution in [0.4, 0.5) is 0 Å².